The lowest BCUT2D eigenvalue weighted by Crippen LogP contribution is -2.40. The molecule has 1 atom stereocenters. The summed E-state index contributed by atoms with van der Waals surface area (Å²) in [7, 11) is 0. The summed E-state index contributed by atoms with van der Waals surface area (Å²) in [5.41, 5.74) is 1.31. The molecule has 0 aliphatic heterocycles. The Hall–Kier alpha value is -0.180. The lowest BCUT2D eigenvalue weighted by molar-refractivity contribution is 0.360. The Morgan fingerprint density at radius 1 is 1.30 bits per heavy atom. The third-order valence-electron chi connectivity index (χ3n) is 4.53. The Labute approximate surface area is 132 Å². The van der Waals surface area contributed by atoms with Crippen LogP contribution in [0, 0.1) is 0 Å². The minimum atomic E-state index is 0.416. The SMILES string of the molecule is CCC(NCC1(SC)CCCCC1)c1cccc(Cl)c1. The molecule has 1 aromatic rings. The summed E-state index contributed by atoms with van der Waals surface area (Å²) in [5.74, 6) is 0. The second kappa shape index (κ2) is 7.72. The molecule has 0 radical (unpaired) electrons. The molecule has 0 heterocycles. The molecule has 1 unspecified atom stereocenters. The van der Waals surface area contributed by atoms with Gasteiger partial charge in [0.15, 0.2) is 0 Å². The van der Waals surface area contributed by atoms with E-state index in [4.69, 9.17) is 11.6 Å². The van der Waals surface area contributed by atoms with E-state index in [9.17, 15) is 0 Å². The molecule has 1 nitrogen and oxygen atoms in total. The quantitative estimate of drug-likeness (QED) is 0.750. The Morgan fingerprint density at radius 2 is 2.05 bits per heavy atom. The fraction of sp³-hybridized carbons (Fsp3) is 0.647. The summed E-state index contributed by atoms with van der Waals surface area (Å²) >= 11 is 8.17. The van der Waals surface area contributed by atoms with E-state index in [1.165, 1.54) is 37.7 Å². The van der Waals surface area contributed by atoms with E-state index in [1.54, 1.807) is 0 Å². The largest absolute Gasteiger partial charge is 0.309 e. The van der Waals surface area contributed by atoms with Gasteiger partial charge in [0.2, 0.25) is 0 Å². The molecule has 112 valence electrons. The van der Waals surface area contributed by atoms with E-state index >= 15 is 0 Å². The molecular weight excluding hydrogens is 286 g/mol. The van der Waals surface area contributed by atoms with Crippen LogP contribution in [-0.2, 0) is 0 Å². The predicted molar refractivity (Wildman–Crippen MR) is 91.8 cm³/mol. The van der Waals surface area contributed by atoms with Gasteiger partial charge in [-0.15, -0.1) is 0 Å². The predicted octanol–water partition coefficient (Wildman–Crippen LogP) is 5.45. The minimum Gasteiger partial charge on any atom is -0.309 e. The van der Waals surface area contributed by atoms with E-state index in [0.29, 0.717) is 10.8 Å². The van der Waals surface area contributed by atoms with Gasteiger partial charge < -0.3 is 5.32 Å². The van der Waals surface area contributed by atoms with Crippen LogP contribution in [0.2, 0.25) is 5.02 Å². The summed E-state index contributed by atoms with van der Waals surface area (Å²) in [4.78, 5) is 0. The van der Waals surface area contributed by atoms with Crippen LogP contribution in [-0.4, -0.2) is 17.5 Å². The lowest BCUT2D eigenvalue weighted by Gasteiger charge is -2.37. The summed E-state index contributed by atoms with van der Waals surface area (Å²) < 4.78 is 0.449. The molecule has 0 bridgehead atoms. The minimum absolute atomic E-state index is 0.416. The fourth-order valence-corrected chi connectivity index (χ4v) is 4.30. The standard InChI is InChI=1S/C17H26ClNS/c1-3-16(14-8-7-9-15(18)12-14)19-13-17(20-2)10-5-4-6-11-17/h7-9,12,16,19H,3-6,10-11,13H2,1-2H3. The zero-order valence-electron chi connectivity index (χ0n) is 12.6. The van der Waals surface area contributed by atoms with Gasteiger partial charge in [0.25, 0.3) is 0 Å². The Morgan fingerprint density at radius 3 is 2.65 bits per heavy atom. The Balaban J connectivity index is 1.99. The molecule has 0 saturated heterocycles. The number of thioether (sulfide) groups is 1. The Bertz CT molecular complexity index is 415. The maximum Gasteiger partial charge on any atom is 0.0409 e. The van der Waals surface area contributed by atoms with E-state index in [2.05, 4.69) is 42.4 Å². The highest BCUT2D eigenvalue weighted by Crippen LogP contribution is 2.38. The van der Waals surface area contributed by atoms with Crippen molar-refractivity contribution in [1.29, 1.82) is 0 Å². The molecule has 2 rings (SSSR count). The summed E-state index contributed by atoms with van der Waals surface area (Å²) in [6.45, 7) is 3.35. The van der Waals surface area contributed by atoms with Crippen LogP contribution < -0.4 is 5.32 Å². The van der Waals surface area contributed by atoms with Gasteiger partial charge in [0, 0.05) is 22.4 Å². The average Bonchev–Trinajstić information content (AvgIpc) is 2.49. The molecule has 3 heteroatoms. The van der Waals surface area contributed by atoms with Crippen molar-refractivity contribution in [2.45, 2.75) is 56.2 Å². The van der Waals surface area contributed by atoms with Gasteiger partial charge in [-0.05, 0) is 43.2 Å². The van der Waals surface area contributed by atoms with Crippen molar-refractivity contribution in [2.75, 3.05) is 12.8 Å². The third-order valence-corrected chi connectivity index (χ3v) is 6.18. The number of hydrogen-bond acceptors (Lipinski definition) is 2. The number of rotatable bonds is 6. The second-order valence-electron chi connectivity index (χ2n) is 5.84. The molecule has 1 fully saturated rings. The Kier molecular flexibility index (Phi) is 6.25. The van der Waals surface area contributed by atoms with Crippen LogP contribution in [0.25, 0.3) is 0 Å². The molecule has 0 aromatic heterocycles. The molecule has 1 aliphatic carbocycles. The first-order valence-electron chi connectivity index (χ1n) is 7.73. The van der Waals surface area contributed by atoms with Gasteiger partial charge in [-0.1, -0.05) is 49.9 Å². The summed E-state index contributed by atoms with van der Waals surface area (Å²) in [5, 5.41) is 4.63. The van der Waals surface area contributed by atoms with E-state index in [0.717, 1.165) is 18.0 Å². The van der Waals surface area contributed by atoms with Crippen LogP contribution in [0.4, 0.5) is 0 Å². The van der Waals surface area contributed by atoms with Gasteiger partial charge in [0.1, 0.15) is 0 Å². The van der Waals surface area contributed by atoms with Crippen molar-refractivity contribution in [3.8, 4) is 0 Å². The maximum atomic E-state index is 6.12. The van der Waals surface area contributed by atoms with Crippen molar-refractivity contribution in [1.82, 2.24) is 5.32 Å². The number of halogens is 1. The van der Waals surface area contributed by atoms with Crippen molar-refractivity contribution in [3.05, 3.63) is 34.9 Å². The van der Waals surface area contributed by atoms with Gasteiger partial charge >= 0.3 is 0 Å². The number of nitrogens with one attached hydrogen (secondary N) is 1. The lowest BCUT2D eigenvalue weighted by atomic mass is 9.87. The van der Waals surface area contributed by atoms with Crippen molar-refractivity contribution < 1.29 is 0 Å². The average molecular weight is 312 g/mol. The highest BCUT2D eigenvalue weighted by molar-refractivity contribution is 8.00. The van der Waals surface area contributed by atoms with Crippen LogP contribution in [0.3, 0.4) is 0 Å². The summed E-state index contributed by atoms with van der Waals surface area (Å²) in [6.07, 6.45) is 10.3. The first-order valence-corrected chi connectivity index (χ1v) is 9.33. The van der Waals surface area contributed by atoms with Gasteiger partial charge in [-0.25, -0.2) is 0 Å². The molecule has 1 aromatic carbocycles. The molecular formula is C17H26ClNS. The van der Waals surface area contributed by atoms with Crippen LogP contribution in [0.5, 0.6) is 0 Å². The first-order chi connectivity index (χ1) is 9.69. The van der Waals surface area contributed by atoms with Gasteiger partial charge in [-0.3, -0.25) is 0 Å². The van der Waals surface area contributed by atoms with Gasteiger partial charge in [0.05, 0.1) is 0 Å². The summed E-state index contributed by atoms with van der Waals surface area (Å²) in [6, 6.07) is 8.68. The molecule has 1 N–H and O–H groups in total. The van der Waals surface area contributed by atoms with E-state index < -0.39 is 0 Å². The second-order valence-corrected chi connectivity index (χ2v) is 7.56. The highest BCUT2D eigenvalue weighted by atomic mass is 35.5. The zero-order chi connectivity index (χ0) is 14.4. The smallest absolute Gasteiger partial charge is 0.0409 e. The molecule has 0 amide bonds. The van der Waals surface area contributed by atoms with E-state index in [-0.39, 0.29) is 0 Å². The topological polar surface area (TPSA) is 12.0 Å². The fourth-order valence-electron chi connectivity index (χ4n) is 3.18. The van der Waals surface area contributed by atoms with Crippen LogP contribution in [0.15, 0.2) is 24.3 Å². The number of benzene rings is 1. The molecule has 20 heavy (non-hydrogen) atoms. The van der Waals surface area contributed by atoms with Crippen molar-refractivity contribution >= 4 is 23.4 Å². The van der Waals surface area contributed by atoms with Crippen LogP contribution in [0.1, 0.15) is 57.1 Å². The molecule has 1 saturated carbocycles. The molecule has 1 aliphatic rings. The van der Waals surface area contributed by atoms with E-state index in [1.807, 2.05) is 12.1 Å². The van der Waals surface area contributed by atoms with Crippen molar-refractivity contribution in [3.63, 3.8) is 0 Å². The molecule has 0 spiro atoms. The monoisotopic (exact) mass is 311 g/mol. The normalized spacial score (nSPS) is 19.8. The third kappa shape index (κ3) is 4.16. The maximum absolute atomic E-state index is 6.12. The van der Waals surface area contributed by atoms with Crippen molar-refractivity contribution in [2.24, 2.45) is 0 Å². The van der Waals surface area contributed by atoms with Gasteiger partial charge in [-0.2, -0.15) is 11.8 Å². The number of hydrogen-bond donors (Lipinski definition) is 1. The zero-order valence-corrected chi connectivity index (χ0v) is 14.2. The van der Waals surface area contributed by atoms with Crippen LogP contribution >= 0.6 is 23.4 Å². The highest BCUT2D eigenvalue weighted by Gasteiger charge is 2.31. The first kappa shape index (κ1) is 16.2.